The highest BCUT2D eigenvalue weighted by Crippen LogP contribution is 2.27. The maximum Gasteiger partial charge on any atom is 0.407 e. The van der Waals surface area contributed by atoms with E-state index < -0.39 is 11.7 Å². The topological polar surface area (TPSA) is 87.1 Å². The number of rotatable bonds is 5. The summed E-state index contributed by atoms with van der Waals surface area (Å²) in [5.74, 6) is 0.609. The third kappa shape index (κ3) is 7.24. The summed E-state index contributed by atoms with van der Waals surface area (Å²) in [7, 11) is 0. The van der Waals surface area contributed by atoms with Gasteiger partial charge in [0.15, 0.2) is 0 Å². The Bertz CT molecular complexity index is 353. The molecule has 0 radical (unpaired) electrons. The average Bonchev–Trinajstić information content (AvgIpc) is 2.35. The number of amides is 1. The van der Waals surface area contributed by atoms with Crippen LogP contribution in [0.1, 0.15) is 59.3 Å². The monoisotopic (exact) mass is 282 g/mol. The first-order chi connectivity index (χ1) is 9.40. The molecule has 1 fully saturated rings. The summed E-state index contributed by atoms with van der Waals surface area (Å²) in [6, 6.07) is -0.135. The zero-order chi connectivity index (χ0) is 15.0. The Morgan fingerprint density at radius 1 is 1.40 bits per heavy atom. The fourth-order valence-electron chi connectivity index (χ4n) is 2.61. The summed E-state index contributed by atoms with van der Waals surface area (Å²) in [5.41, 5.74) is 7.94. The number of alkyl carbamates (subject to hydrolysis) is 1. The Morgan fingerprint density at radius 3 is 2.60 bits per heavy atom. The Kier molecular flexibility index (Phi) is 6.65. The minimum atomic E-state index is -0.516. The number of nitrogens with one attached hydrogen (secondary N) is 1. The maximum atomic E-state index is 11.8. The van der Waals surface area contributed by atoms with Crippen molar-refractivity contribution in [3.63, 3.8) is 0 Å². The van der Waals surface area contributed by atoms with E-state index in [0.717, 1.165) is 6.42 Å². The normalized spacial score (nSPS) is 17.9. The lowest BCUT2D eigenvalue weighted by Gasteiger charge is -2.27. The molecule has 20 heavy (non-hydrogen) atoms. The molecule has 6 nitrogen and oxygen atoms in total. The second-order valence-corrected chi connectivity index (χ2v) is 6.50. The van der Waals surface area contributed by atoms with E-state index in [0.29, 0.717) is 5.92 Å². The molecule has 0 heterocycles. The molecule has 1 amide bonds. The van der Waals surface area contributed by atoms with Crippen molar-refractivity contribution in [3.05, 3.63) is 10.4 Å². The van der Waals surface area contributed by atoms with Crippen molar-refractivity contribution in [1.29, 1.82) is 0 Å². The highest BCUT2D eigenvalue weighted by molar-refractivity contribution is 5.68. The highest BCUT2D eigenvalue weighted by atomic mass is 16.6. The molecule has 0 spiro atoms. The first-order valence-electron chi connectivity index (χ1n) is 7.41. The molecule has 1 unspecified atom stereocenters. The van der Waals surface area contributed by atoms with Crippen LogP contribution in [0.3, 0.4) is 0 Å². The first kappa shape index (κ1) is 16.6. The molecular formula is C14H26N4O2. The number of carbonyl (C=O) groups excluding carboxylic acids is 1. The Balaban J connectivity index is 2.49. The van der Waals surface area contributed by atoms with E-state index in [-0.39, 0.29) is 12.6 Å². The molecule has 0 bridgehead atoms. The van der Waals surface area contributed by atoms with Gasteiger partial charge in [-0.2, -0.15) is 0 Å². The summed E-state index contributed by atoms with van der Waals surface area (Å²) in [6.07, 6.45) is 6.63. The van der Waals surface area contributed by atoms with Gasteiger partial charge in [0, 0.05) is 17.5 Å². The van der Waals surface area contributed by atoms with Crippen molar-refractivity contribution in [3.8, 4) is 0 Å². The van der Waals surface area contributed by atoms with Gasteiger partial charge in [-0.1, -0.05) is 37.2 Å². The third-order valence-electron chi connectivity index (χ3n) is 3.43. The number of azide groups is 1. The van der Waals surface area contributed by atoms with Gasteiger partial charge in [0.25, 0.3) is 0 Å². The first-order valence-corrected chi connectivity index (χ1v) is 7.41. The van der Waals surface area contributed by atoms with Gasteiger partial charge in [-0.25, -0.2) is 4.79 Å². The van der Waals surface area contributed by atoms with Crippen LogP contribution in [0.5, 0.6) is 0 Å². The second kappa shape index (κ2) is 8.00. The van der Waals surface area contributed by atoms with E-state index in [1.165, 1.54) is 32.1 Å². The molecule has 1 saturated carbocycles. The van der Waals surface area contributed by atoms with Crippen molar-refractivity contribution in [2.45, 2.75) is 70.9 Å². The van der Waals surface area contributed by atoms with Gasteiger partial charge in [0.05, 0.1) is 0 Å². The molecule has 0 aromatic carbocycles. The van der Waals surface area contributed by atoms with Crippen LogP contribution in [0, 0.1) is 5.92 Å². The molecule has 114 valence electrons. The molecule has 0 aromatic heterocycles. The summed E-state index contributed by atoms with van der Waals surface area (Å²) in [4.78, 5) is 14.6. The van der Waals surface area contributed by atoms with Crippen LogP contribution in [-0.4, -0.2) is 24.3 Å². The van der Waals surface area contributed by atoms with Crippen LogP contribution in [0.2, 0.25) is 0 Å². The molecule has 1 atom stereocenters. The standard InChI is InChI=1S/C14H26N4O2/c1-14(2,3)20-13(19)17-12(10-16-18-15)9-11-7-5-4-6-8-11/h11-12H,4-10H2,1-3H3,(H,17,19). The van der Waals surface area contributed by atoms with Gasteiger partial charge in [0.1, 0.15) is 5.60 Å². The van der Waals surface area contributed by atoms with Crippen LogP contribution >= 0.6 is 0 Å². The minimum absolute atomic E-state index is 0.135. The fraction of sp³-hybridized carbons (Fsp3) is 0.929. The van der Waals surface area contributed by atoms with E-state index in [1.54, 1.807) is 0 Å². The number of nitrogens with zero attached hydrogens (tertiary/aromatic N) is 3. The van der Waals surface area contributed by atoms with Gasteiger partial charge in [-0.15, -0.1) is 0 Å². The SMILES string of the molecule is CC(C)(C)OC(=O)NC(CN=[N+]=[N-])CC1CCCCC1. The molecule has 0 aromatic rings. The summed E-state index contributed by atoms with van der Waals surface area (Å²) < 4.78 is 5.25. The van der Waals surface area contributed by atoms with E-state index in [4.69, 9.17) is 10.3 Å². The van der Waals surface area contributed by atoms with E-state index in [1.807, 2.05) is 20.8 Å². The number of carbonyl (C=O) groups is 1. The molecule has 0 aliphatic heterocycles. The van der Waals surface area contributed by atoms with Crippen LogP contribution in [0.4, 0.5) is 4.79 Å². The van der Waals surface area contributed by atoms with Crippen LogP contribution in [0.15, 0.2) is 5.11 Å². The van der Waals surface area contributed by atoms with Gasteiger partial charge < -0.3 is 10.1 Å². The van der Waals surface area contributed by atoms with Crippen molar-refractivity contribution in [2.24, 2.45) is 11.0 Å². The van der Waals surface area contributed by atoms with E-state index in [2.05, 4.69) is 15.3 Å². The Labute approximate surface area is 120 Å². The van der Waals surface area contributed by atoms with Gasteiger partial charge in [0.2, 0.25) is 0 Å². The quantitative estimate of drug-likeness (QED) is 0.466. The smallest absolute Gasteiger partial charge is 0.407 e. The largest absolute Gasteiger partial charge is 0.444 e. The van der Waals surface area contributed by atoms with Gasteiger partial charge in [-0.05, 0) is 38.6 Å². The lowest BCUT2D eigenvalue weighted by Crippen LogP contribution is -2.41. The Morgan fingerprint density at radius 2 is 2.05 bits per heavy atom. The van der Waals surface area contributed by atoms with Crippen LogP contribution in [0.25, 0.3) is 10.4 Å². The third-order valence-corrected chi connectivity index (χ3v) is 3.43. The zero-order valence-electron chi connectivity index (χ0n) is 12.8. The summed E-state index contributed by atoms with van der Waals surface area (Å²) >= 11 is 0. The van der Waals surface area contributed by atoms with Gasteiger partial charge in [-0.3, -0.25) is 0 Å². The lowest BCUT2D eigenvalue weighted by atomic mass is 9.85. The molecule has 6 heteroatoms. The molecule has 0 saturated heterocycles. The number of ether oxygens (including phenoxy) is 1. The molecule has 1 aliphatic carbocycles. The van der Waals surface area contributed by atoms with Crippen molar-refractivity contribution in [1.82, 2.24) is 5.32 Å². The summed E-state index contributed by atoms with van der Waals surface area (Å²) in [6.45, 7) is 5.77. The predicted molar refractivity (Wildman–Crippen MR) is 78.4 cm³/mol. The van der Waals surface area contributed by atoms with Crippen molar-refractivity contribution in [2.75, 3.05) is 6.54 Å². The van der Waals surface area contributed by atoms with E-state index >= 15 is 0 Å². The summed E-state index contributed by atoms with van der Waals surface area (Å²) in [5, 5.41) is 6.43. The van der Waals surface area contributed by atoms with Crippen molar-refractivity contribution < 1.29 is 9.53 Å². The molecule has 1 rings (SSSR count). The van der Waals surface area contributed by atoms with Crippen LogP contribution < -0.4 is 5.32 Å². The molecule has 1 N–H and O–H groups in total. The maximum absolute atomic E-state index is 11.8. The van der Waals surface area contributed by atoms with Crippen LogP contribution in [-0.2, 0) is 4.74 Å². The number of hydrogen-bond acceptors (Lipinski definition) is 3. The lowest BCUT2D eigenvalue weighted by molar-refractivity contribution is 0.0497. The minimum Gasteiger partial charge on any atom is -0.444 e. The highest BCUT2D eigenvalue weighted by Gasteiger charge is 2.22. The van der Waals surface area contributed by atoms with E-state index in [9.17, 15) is 4.79 Å². The Hall–Kier alpha value is -1.42. The number of hydrogen-bond donors (Lipinski definition) is 1. The fourth-order valence-corrected chi connectivity index (χ4v) is 2.61. The molecule has 1 aliphatic rings. The second-order valence-electron chi connectivity index (χ2n) is 6.50. The average molecular weight is 282 g/mol. The molecular weight excluding hydrogens is 256 g/mol. The van der Waals surface area contributed by atoms with Gasteiger partial charge >= 0.3 is 6.09 Å². The van der Waals surface area contributed by atoms with Crippen molar-refractivity contribution >= 4 is 6.09 Å². The zero-order valence-corrected chi connectivity index (χ0v) is 12.8. The predicted octanol–water partition coefficient (Wildman–Crippen LogP) is 4.16.